The molecule has 30 heavy (non-hydrogen) atoms. The van der Waals surface area contributed by atoms with E-state index < -0.39 is 0 Å². The summed E-state index contributed by atoms with van der Waals surface area (Å²) >= 11 is 0. The predicted octanol–water partition coefficient (Wildman–Crippen LogP) is 5.48. The molecular weight excluding hydrogens is 380 g/mol. The number of esters is 2. The Morgan fingerprint density at radius 2 is 1.47 bits per heavy atom. The summed E-state index contributed by atoms with van der Waals surface area (Å²) in [6.45, 7) is 4.38. The van der Waals surface area contributed by atoms with Crippen LogP contribution in [-0.4, -0.2) is 24.6 Å². The second kappa shape index (κ2) is 11.2. The summed E-state index contributed by atoms with van der Waals surface area (Å²) in [5.41, 5.74) is 0. The lowest BCUT2D eigenvalue weighted by atomic mass is 9.70. The van der Waals surface area contributed by atoms with Crippen LogP contribution in [0.2, 0.25) is 0 Å². The van der Waals surface area contributed by atoms with Gasteiger partial charge in [-0.2, -0.15) is 0 Å². The van der Waals surface area contributed by atoms with Gasteiger partial charge in [-0.25, -0.2) is 4.79 Å². The largest absolute Gasteiger partial charge is 0.494 e. The molecule has 0 heterocycles. The Morgan fingerprint density at radius 3 is 2.03 bits per heavy atom. The molecule has 3 rings (SSSR count). The molecule has 0 bridgehead atoms. The van der Waals surface area contributed by atoms with Crippen LogP contribution >= 0.6 is 0 Å². The molecule has 2 saturated carbocycles. The van der Waals surface area contributed by atoms with Crippen molar-refractivity contribution < 1.29 is 23.8 Å². The highest BCUT2D eigenvalue weighted by molar-refractivity contribution is 5.81. The van der Waals surface area contributed by atoms with Crippen LogP contribution < -0.4 is 9.47 Å². The van der Waals surface area contributed by atoms with Crippen LogP contribution in [0.1, 0.15) is 65.2 Å². The number of allylic oxidation sites excluding steroid dienone is 1. The molecule has 0 radical (unpaired) electrons. The van der Waals surface area contributed by atoms with Crippen molar-refractivity contribution in [3.05, 3.63) is 36.4 Å². The highest BCUT2D eigenvalue weighted by atomic mass is 16.5. The highest BCUT2D eigenvalue weighted by Crippen LogP contribution is 2.41. The van der Waals surface area contributed by atoms with Gasteiger partial charge in [-0.15, -0.1) is 0 Å². The molecule has 0 spiro atoms. The fourth-order valence-corrected chi connectivity index (χ4v) is 4.81. The second-order valence-corrected chi connectivity index (χ2v) is 8.41. The zero-order valence-electron chi connectivity index (χ0n) is 18.2. The van der Waals surface area contributed by atoms with Crippen LogP contribution in [0.15, 0.2) is 36.4 Å². The van der Waals surface area contributed by atoms with Crippen molar-refractivity contribution in [1.29, 1.82) is 0 Å². The molecule has 2 fully saturated rings. The summed E-state index contributed by atoms with van der Waals surface area (Å²) in [5.74, 6) is 2.37. The van der Waals surface area contributed by atoms with Gasteiger partial charge in [0.2, 0.25) is 0 Å². The molecule has 1 aromatic carbocycles. The Hall–Kier alpha value is -2.30. The fraction of sp³-hybridized carbons (Fsp3) is 0.600. The molecule has 0 atom stereocenters. The van der Waals surface area contributed by atoms with Crippen LogP contribution in [0.25, 0.3) is 0 Å². The van der Waals surface area contributed by atoms with Gasteiger partial charge in [0.25, 0.3) is 0 Å². The summed E-state index contributed by atoms with van der Waals surface area (Å²) in [7, 11) is 0. The van der Waals surface area contributed by atoms with Crippen molar-refractivity contribution in [1.82, 2.24) is 0 Å². The summed E-state index contributed by atoms with van der Waals surface area (Å²) in [6, 6.07) is 7.23. The minimum absolute atomic E-state index is 0.00839. The smallest absolute Gasteiger partial charge is 0.330 e. The van der Waals surface area contributed by atoms with E-state index in [1.807, 2.05) is 26.0 Å². The maximum absolute atomic E-state index is 12.6. The number of ether oxygens (including phenoxy) is 3. The predicted molar refractivity (Wildman–Crippen MR) is 115 cm³/mol. The molecule has 0 aromatic heterocycles. The first-order valence-electron chi connectivity index (χ1n) is 11.4. The van der Waals surface area contributed by atoms with Crippen molar-refractivity contribution in [2.24, 2.45) is 17.8 Å². The number of hydrogen-bond acceptors (Lipinski definition) is 5. The summed E-state index contributed by atoms with van der Waals surface area (Å²) in [6.07, 6.45) is 11.3. The normalized spacial score (nSPS) is 26.9. The molecule has 0 N–H and O–H groups in total. The van der Waals surface area contributed by atoms with Crippen LogP contribution in [0.4, 0.5) is 0 Å². The van der Waals surface area contributed by atoms with E-state index in [0.717, 1.165) is 57.1 Å². The number of carbonyl (C=O) groups excluding carboxylic acids is 2. The van der Waals surface area contributed by atoms with Gasteiger partial charge in [0.05, 0.1) is 12.5 Å². The van der Waals surface area contributed by atoms with Gasteiger partial charge in [0.1, 0.15) is 17.6 Å². The van der Waals surface area contributed by atoms with Gasteiger partial charge in [-0.3, -0.25) is 4.79 Å². The number of hydrogen-bond donors (Lipinski definition) is 0. The Morgan fingerprint density at radius 1 is 0.900 bits per heavy atom. The van der Waals surface area contributed by atoms with Crippen molar-refractivity contribution in [2.45, 2.75) is 71.3 Å². The van der Waals surface area contributed by atoms with E-state index in [1.54, 1.807) is 18.2 Å². The molecule has 164 valence electrons. The van der Waals surface area contributed by atoms with Gasteiger partial charge in [-0.1, -0.05) is 6.08 Å². The van der Waals surface area contributed by atoms with Crippen LogP contribution in [0.5, 0.6) is 11.5 Å². The quantitative estimate of drug-likeness (QED) is 0.336. The lowest BCUT2D eigenvalue weighted by Crippen LogP contribution is -2.31. The lowest BCUT2D eigenvalue weighted by molar-refractivity contribution is -0.145. The molecule has 2 aliphatic carbocycles. The Kier molecular flexibility index (Phi) is 8.35. The monoisotopic (exact) mass is 414 g/mol. The number of carbonyl (C=O) groups is 2. The number of rotatable bonds is 7. The topological polar surface area (TPSA) is 61.8 Å². The van der Waals surface area contributed by atoms with E-state index in [9.17, 15) is 9.59 Å². The third kappa shape index (κ3) is 6.35. The van der Waals surface area contributed by atoms with Gasteiger partial charge in [-0.05, 0) is 101 Å². The number of benzene rings is 1. The Labute approximate surface area is 179 Å². The maximum Gasteiger partial charge on any atom is 0.330 e. The van der Waals surface area contributed by atoms with Gasteiger partial charge < -0.3 is 14.2 Å². The zero-order valence-corrected chi connectivity index (χ0v) is 18.2. The second-order valence-electron chi connectivity index (χ2n) is 8.41. The minimum Gasteiger partial charge on any atom is -0.494 e. The standard InChI is InChI=1S/C25H34O5/c1-3-5-24(26)29-22-12-10-19(11-13-22)18-6-8-20(9-7-18)25(27)30-23-16-14-21(15-17-23)28-4-2/h3,5,14-20,22H,4,6-13H2,1-2H3/t18-,19-,20-,22-. The van der Waals surface area contributed by atoms with E-state index in [2.05, 4.69) is 0 Å². The van der Waals surface area contributed by atoms with Crippen molar-refractivity contribution in [3.63, 3.8) is 0 Å². The summed E-state index contributed by atoms with van der Waals surface area (Å²) < 4.78 is 16.5. The van der Waals surface area contributed by atoms with Crippen molar-refractivity contribution >= 4 is 11.9 Å². The third-order valence-corrected chi connectivity index (χ3v) is 6.43. The van der Waals surface area contributed by atoms with Gasteiger partial charge >= 0.3 is 11.9 Å². The minimum atomic E-state index is -0.229. The van der Waals surface area contributed by atoms with E-state index in [-0.39, 0.29) is 24.0 Å². The Bertz CT molecular complexity index is 708. The first kappa shape index (κ1) is 22.4. The molecule has 5 nitrogen and oxygen atoms in total. The fourth-order valence-electron chi connectivity index (χ4n) is 4.81. The van der Waals surface area contributed by atoms with Crippen molar-refractivity contribution in [2.75, 3.05) is 6.61 Å². The SMILES string of the molecule is CC=CC(=O)O[C@H]1CC[C@H]([C@H]2CC[C@H](C(=O)Oc3ccc(OCC)cc3)CC2)CC1. The van der Waals surface area contributed by atoms with Crippen LogP contribution in [0, 0.1) is 17.8 Å². The Balaban J connectivity index is 1.39. The molecule has 0 saturated heterocycles. The molecule has 5 heteroatoms. The molecule has 0 aliphatic heterocycles. The van der Waals surface area contributed by atoms with Gasteiger partial charge in [0.15, 0.2) is 0 Å². The average molecular weight is 415 g/mol. The van der Waals surface area contributed by atoms with Crippen LogP contribution in [-0.2, 0) is 14.3 Å². The van der Waals surface area contributed by atoms with Crippen molar-refractivity contribution in [3.8, 4) is 11.5 Å². The molecule has 0 unspecified atom stereocenters. The highest BCUT2D eigenvalue weighted by Gasteiger charge is 2.34. The average Bonchev–Trinajstić information content (AvgIpc) is 2.76. The molecular formula is C25H34O5. The van der Waals surface area contributed by atoms with Crippen LogP contribution in [0.3, 0.4) is 0 Å². The maximum atomic E-state index is 12.6. The third-order valence-electron chi connectivity index (χ3n) is 6.43. The summed E-state index contributed by atoms with van der Waals surface area (Å²) in [5, 5.41) is 0. The molecule has 0 amide bonds. The van der Waals surface area contributed by atoms with E-state index in [4.69, 9.17) is 14.2 Å². The molecule has 2 aliphatic rings. The lowest BCUT2D eigenvalue weighted by Gasteiger charge is -2.37. The first-order valence-corrected chi connectivity index (χ1v) is 11.4. The first-order chi connectivity index (χ1) is 14.6. The van der Waals surface area contributed by atoms with E-state index in [0.29, 0.717) is 24.2 Å². The van der Waals surface area contributed by atoms with E-state index in [1.165, 1.54) is 6.08 Å². The molecule has 1 aromatic rings. The van der Waals surface area contributed by atoms with E-state index >= 15 is 0 Å². The zero-order chi connectivity index (χ0) is 21.3. The summed E-state index contributed by atoms with van der Waals surface area (Å²) in [4.78, 5) is 24.2. The van der Waals surface area contributed by atoms with Gasteiger partial charge in [0, 0.05) is 6.08 Å².